The van der Waals surface area contributed by atoms with Crippen LogP contribution in [0.1, 0.15) is 16.8 Å². The average Bonchev–Trinajstić information content (AvgIpc) is 2.34. The Morgan fingerprint density at radius 2 is 1.94 bits per heavy atom. The number of rotatable bonds is 4. The molecule has 2 nitrogen and oxygen atoms in total. The van der Waals surface area contributed by atoms with E-state index in [-0.39, 0.29) is 5.82 Å². The van der Waals surface area contributed by atoms with E-state index in [0.29, 0.717) is 18.7 Å². The summed E-state index contributed by atoms with van der Waals surface area (Å²) in [7, 11) is 0. The number of aromatic nitrogens is 1. The van der Waals surface area contributed by atoms with Crippen LogP contribution in [0.4, 0.5) is 4.39 Å². The Morgan fingerprint density at radius 3 is 2.65 bits per heavy atom. The van der Waals surface area contributed by atoms with Crippen LogP contribution >= 0.6 is 0 Å². The van der Waals surface area contributed by atoms with Crippen LogP contribution in [0.25, 0.3) is 0 Å². The SMILES string of the molecule is Cc1ccc(CNCc2ccccc2F)cn1. The summed E-state index contributed by atoms with van der Waals surface area (Å²) in [6.07, 6.45) is 1.84. The molecule has 1 aromatic carbocycles. The first-order chi connectivity index (χ1) is 8.25. The van der Waals surface area contributed by atoms with Gasteiger partial charge in [0.1, 0.15) is 5.82 Å². The standard InChI is InChI=1S/C14H15FN2/c1-11-6-7-12(9-17-11)8-16-10-13-4-2-3-5-14(13)15/h2-7,9,16H,8,10H2,1H3. The van der Waals surface area contributed by atoms with Crippen molar-refractivity contribution in [2.45, 2.75) is 20.0 Å². The van der Waals surface area contributed by atoms with E-state index in [1.807, 2.05) is 31.3 Å². The number of halogens is 1. The van der Waals surface area contributed by atoms with Gasteiger partial charge in [0, 0.05) is 30.5 Å². The summed E-state index contributed by atoms with van der Waals surface area (Å²) < 4.78 is 13.3. The van der Waals surface area contributed by atoms with Gasteiger partial charge in [-0.3, -0.25) is 4.98 Å². The van der Waals surface area contributed by atoms with Crippen molar-refractivity contribution in [3.8, 4) is 0 Å². The largest absolute Gasteiger partial charge is 0.308 e. The van der Waals surface area contributed by atoms with Crippen molar-refractivity contribution in [3.63, 3.8) is 0 Å². The molecule has 0 radical (unpaired) electrons. The number of benzene rings is 1. The minimum Gasteiger partial charge on any atom is -0.308 e. The van der Waals surface area contributed by atoms with Gasteiger partial charge in [-0.2, -0.15) is 0 Å². The van der Waals surface area contributed by atoms with Crippen LogP contribution in [0.3, 0.4) is 0 Å². The van der Waals surface area contributed by atoms with E-state index in [9.17, 15) is 4.39 Å². The van der Waals surface area contributed by atoms with Crippen molar-refractivity contribution in [2.24, 2.45) is 0 Å². The van der Waals surface area contributed by atoms with Crippen LogP contribution < -0.4 is 5.32 Å². The Labute approximate surface area is 101 Å². The third-order valence-corrected chi connectivity index (χ3v) is 2.58. The lowest BCUT2D eigenvalue weighted by Crippen LogP contribution is -2.13. The van der Waals surface area contributed by atoms with Gasteiger partial charge < -0.3 is 5.32 Å². The molecule has 0 aliphatic rings. The molecular weight excluding hydrogens is 215 g/mol. The second-order valence-electron chi connectivity index (χ2n) is 4.00. The van der Waals surface area contributed by atoms with Crippen molar-refractivity contribution in [1.29, 1.82) is 0 Å². The zero-order chi connectivity index (χ0) is 12.1. The Hall–Kier alpha value is -1.74. The second-order valence-corrected chi connectivity index (χ2v) is 4.00. The molecule has 0 atom stereocenters. The molecular formula is C14H15FN2. The summed E-state index contributed by atoms with van der Waals surface area (Å²) in [5, 5.41) is 3.20. The molecule has 88 valence electrons. The summed E-state index contributed by atoms with van der Waals surface area (Å²) in [4.78, 5) is 4.21. The molecule has 0 aliphatic heterocycles. The highest BCUT2D eigenvalue weighted by Crippen LogP contribution is 2.06. The lowest BCUT2D eigenvalue weighted by atomic mass is 10.2. The Kier molecular flexibility index (Phi) is 3.83. The maximum atomic E-state index is 13.3. The molecule has 0 saturated heterocycles. The Morgan fingerprint density at radius 1 is 1.12 bits per heavy atom. The fourth-order valence-electron chi connectivity index (χ4n) is 1.59. The van der Waals surface area contributed by atoms with Gasteiger partial charge in [-0.15, -0.1) is 0 Å². The Bertz CT molecular complexity index is 480. The van der Waals surface area contributed by atoms with E-state index in [0.717, 1.165) is 11.3 Å². The van der Waals surface area contributed by atoms with Gasteiger partial charge in [0.2, 0.25) is 0 Å². The first-order valence-electron chi connectivity index (χ1n) is 5.61. The minimum absolute atomic E-state index is 0.165. The number of pyridine rings is 1. The number of hydrogen-bond donors (Lipinski definition) is 1. The summed E-state index contributed by atoms with van der Waals surface area (Å²) in [5.74, 6) is -0.165. The van der Waals surface area contributed by atoms with Crippen LogP contribution in [0.2, 0.25) is 0 Å². The molecule has 0 saturated carbocycles. The lowest BCUT2D eigenvalue weighted by molar-refractivity contribution is 0.587. The number of nitrogens with one attached hydrogen (secondary N) is 1. The van der Waals surface area contributed by atoms with E-state index in [4.69, 9.17) is 0 Å². The molecule has 2 rings (SSSR count). The molecule has 3 heteroatoms. The van der Waals surface area contributed by atoms with Crippen molar-refractivity contribution in [2.75, 3.05) is 0 Å². The first kappa shape index (κ1) is 11.7. The van der Waals surface area contributed by atoms with Crippen molar-refractivity contribution in [3.05, 3.63) is 65.2 Å². The molecule has 0 bridgehead atoms. The van der Waals surface area contributed by atoms with Crippen LogP contribution in [0.15, 0.2) is 42.6 Å². The van der Waals surface area contributed by atoms with Crippen molar-refractivity contribution in [1.82, 2.24) is 10.3 Å². The highest BCUT2D eigenvalue weighted by Gasteiger charge is 1.99. The maximum Gasteiger partial charge on any atom is 0.127 e. The van der Waals surface area contributed by atoms with E-state index in [2.05, 4.69) is 10.3 Å². The second kappa shape index (κ2) is 5.55. The molecule has 0 unspecified atom stereocenters. The highest BCUT2D eigenvalue weighted by atomic mass is 19.1. The predicted octanol–water partition coefficient (Wildman–Crippen LogP) is 2.82. The predicted molar refractivity (Wildman–Crippen MR) is 65.9 cm³/mol. The smallest absolute Gasteiger partial charge is 0.127 e. The third-order valence-electron chi connectivity index (χ3n) is 2.58. The zero-order valence-electron chi connectivity index (χ0n) is 9.78. The fourth-order valence-corrected chi connectivity index (χ4v) is 1.59. The van der Waals surface area contributed by atoms with Crippen molar-refractivity contribution >= 4 is 0 Å². The first-order valence-corrected chi connectivity index (χ1v) is 5.61. The molecule has 1 aromatic heterocycles. The fraction of sp³-hybridized carbons (Fsp3) is 0.214. The molecule has 0 amide bonds. The normalized spacial score (nSPS) is 10.5. The van der Waals surface area contributed by atoms with Gasteiger partial charge in [-0.1, -0.05) is 24.3 Å². The molecule has 2 aromatic rings. The lowest BCUT2D eigenvalue weighted by Gasteiger charge is -2.06. The van der Waals surface area contributed by atoms with E-state index in [1.54, 1.807) is 12.1 Å². The average molecular weight is 230 g/mol. The summed E-state index contributed by atoms with van der Waals surface area (Å²) >= 11 is 0. The minimum atomic E-state index is -0.165. The quantitative estimate of drug-likeness (QED) is 0.873. The number of nitrogens with zero attached hydrogens (tertiary/aromatic N) is 1. The monoisotopic (exact) mass is 230 g/mol. The van der Waals surface area contributed by atoms with Gasteiger partial charge in [-0.05, 0) is 24.6 Å². The highest BCUT2D eigenvalue weighted by molar-refractivity contribution is 5.17. The van der Waals surface area contributed by atoms with Crippen LogP contribution in [0, 0.1) is 12.7 Å². The molecule has 0 aliphatic carbocycles. The molecule has 0 fully saturated rings. The third kappa shape index (κ3) is 3.36. The number of aryl methyl sites for hydroxylation is 1. The number of hydrogen-bond acceptors (Lipinski definition) is 2. The molecule has 1 heterocycles. The zero-order valence-corrected chi connectivity index (χ0v) is 9.78. The van der Waals surface area contributed by atoms with Crippen LogP contribution in [-0.2, 0) is 13.1 Å². The summed E-state index contributed by atoms with van der Waals surface area (Å²) in [6, 6.07) is 10.8. The van der Waals surface area contributed by atoms with Gasteiger partial charge in [-0.25, -0.2) is 4.39 Å². The van der Waals surface area contributed by atoms with Gasteiger partial charge in [0.05, 0.1) is 0 Å². The molecule has 0 spiro atoms. The molecule has 17 heavy (non-hydrogen) atoms. The summed E-state index contributed by atoms with van der Waals surface area (Å²) in [6.45, 7) is 3.18. The van der Waals surface area contributed by atoms with E-state index in [1.165, 1.54) is 6.07 Å². The maximum absolute atomic E-state index is 13.3. The van der Waals surface area contributed by atoms with Crippen LogP contribution in [-0.4, -0.2) is 4.98 Å². The topological polar surface area (TPSA) is 24.9 Å². The van der Waals surface area contributed by atoms with Gasteiger partial charge in [0.25, 0.3) is 0 Å². The van der Waals surface area contributed by atoms with E-state index < -0.39 is 0 Å². The van der Waals surface area contributed by atoms with Gasteiger partial charge in [0.15, 0.2) is 0 Å². The van der Waals surface area contributed by atoms with Gasteiger partial charge >= 0.3 is 0 Å². The van der Waals surface area contributed by atoms with Crippen molar-refractivity contribution < 1.29 is 4.39 Å². The molecule has 1 N–H and O–H groups in total. The van der Waals surface area contributed by atoms with E-state index >= 15 is 0 Å². The Balaban J connectivity index is 1.88. The summed E-state index contributed by atoms with van der Waals surface area (Å²) in [5.41, 5.74) is 2.79. The van der Waals surface area contributed by atoms with Crippen LogP contribution in [0.5, 0.6) is 0 Å².